The number of nitrogens with one attached hydrogen (secondary N) is 2. The average molecular weight is 305 g/mol. The van der Waals surface area contributed by atoms with Gasteiger partial charge in [-0.1, -0.05) is 30.3 Å². The first kappa shape index (κ1) is 17.5. The van der Waals surface area contributed by atoms with Gasteiger partial charge in [0, 0.05) is 19.5 Å². The molecule has 1 rings (SSSR count). The number of hydrogen-bond donors (Lipinski definition) is 4. The van der Waals surface area contributed by atoms with Crippen molar-refractivity contribution < 1.29 is 9.59 Å². The molecule has 0 heterocycles. The highest BCUT2D eigenvalue weighted by molar-refractivity contribution is 5.83. The van der Waals surface area contributed by atoms with Crippen LogP contribution in [0.1, 0.15) is 18.4 Å². The minimum Gasteiger partial charge on any atom is -0.370 e. The van der Waals surface area contributed by atoms with Crippen LogP contribution < -0.4 is 22.1 Å². The molecular formula is C15H23N5O2. The molecule has 120 valence electrons. The van der Waals surface area contributed by atoms with E-state index in [1.807, 2.05) is 30.3 Å². The summed E-state index contributed by atoms with van der Waals surface area (Å²) in [6, 6.07) is 8.97. The molecule has 6 N–H and O–H groups in total. The molecule has 0 saturated carbocycles. The van der Waals surface area contributed by atoms with Gasteiger partial charge in [0.05, 0.1) is 0 Å². The first-order chi connectivity index (χ1) is 10.6. The summed E-state index contributed by atoms with van der Waals surface area (Å²) in [6.07, 6.45) is 2.55. The van der Waals surface area contributed by atoms with Crippen molar-refractivity contribution in [1.82, 2.24) is 10.6 Å². The Kier molecular flexibility index (Phi) is 8.10. The highest BCUT2D eigenvalue weighted by Crippen LogP contribution is 2.03. The molecule has 22 heavy (non-hydrogen) atoms. The van der Waals surface area contributed by atoms with Gasteiger partial charge in [-0.05, 0) is 18.4 Å². The van der Waals surface area contributed by atoms with Gasteiger partial charge in [0.15, 0.2) is 5.96 Å². The van der Waals surface area contributed by atoms with Crippen LogP contribution in [0, 0.1) is 0 Å². The zero-order valence-corrected chi connectivity index (χ0v) is 12.5. The lowest BCUT2D eigenvalue weighted by molar-refractivity contribution is -0.125. The van der Waals surface area contributed by atoms with E-state index in [0.29, 0.717) is 25.9 Å². The Hall–Kier alpha value is -2.57. The van der Waals surface area contributed by atoms with Crippen molar-refractivity contribution >= 4 is 18.3 Å². The average Bonchev–Trinajstić information content (AvgIpc) is 2.51. The first-order valence-electron chi connectivity index (χ1n) is 7.20. The van der Waals surface area contributed by atoms with Crippen molar-refractivity contribution in [3.05, 3.63) is 35.9 Å². The highest BCUT2D eigenvalue weighted by atomic mass is 16.2. The van der Waals surface area contributed by atoms with Crippen molar-refractivity contribution in [2.75, 3.05) is 13.1 Å². The molecule has 0 aliphatic carbocycles. The molecule has 1 aromatic carbocycles. The van der Waals surface area contributed by atoms with Crippen LogP contribution >= 0.6 is 0 Å². The molecule has 0 aliphatic heterocycles. The summed E-state index contributed by atoms with van der Waals surface area (Å²) in [5.41, 5.74) is 11.4. The van der Waals surface area contributed by atoms with E-state index in [-0.39, 0.29) is 11.9 Å². The Morgan fingerprint density at radius 2 is 1.95 bits per heavy atom. The van der Waals surface area contributed by atoms with E-state index in [2.05, 4.69) is 15.6 Å². The molecule has 1 atom stereocenters. The predicted molar refractivity (Wildman–Crippen MR) is 86.1 cm³/mol. The smallest absolute Gasteiger partial charge is 0.242 e. The van der Waals surface area contributed by atoms with Crippen LogP contribution in [0.2, 0.25) is 0 Å². The SMILES string of the molecule is NC(N)=NCCCCNC(=O)C(Cc1ccccc1)NC=O. The Morgan fingerprint density at radius 3 is 2.59 bits per heavy atom. The fraction of sp³-hybridized carbons (Fsp3) is 0.400. The van der Waals surface area contributed by atoms with Gasteiger partial charge in [-0.15, -0.1) is 0 Å². The number of aliphatic imine (C=N–C) groups is 1. The number of hydrogen-bond acceptors (Lipinski definition) is 3. The van der Waals surface area contributed by atoms with Crippen LogP contribution in [0.5, 0.6) is 0 Å². The second-order valence-electron chi connectivity index (χ2n) is 4.83. The number of rotatable bonds is 10. The van der Waals surface area contributed by atoms with Crippen LogP contribution in [-0.4, -0.2) is 37.4 Å². The van der Waals surface area contributed by atoms with E-state index < -0.39 is 6.04 Å². The Balaban J connectivity index is 2.35. The lowest BCUT2D eigenvalue weighted by Crippen LogP contribution is -2.45. The predicted octanol–water partition coefficient (Wildman–Crippen LogP) is -0.486. The largest absolute Gasteiger partial charge is 0.370 e. The molecule has 0 aliphatic rings. The number of amides is 2. The molecule has 0 radical (unpaired) electrons. The van der Waals surface area contributed by atoms with Crippen molar-refractivity contribution in [2.45, 2.75) is 25.3 Å². The van der Waals surface area contributed by atoms with Crippen molar-refractivity contribution in [3.8, 4) is 0 Å². The molecule has 0 spiro atoms. The summed E-state index contributed by atoms with van der Waals surface area (Å²) < 4.78 is 0. The van der Waals surface area contributed by atoms with Crippen LogP contribution in [0.15, 0.2) is 35.3 Å². The van der Waals surface area contributed by atoms with Gasteiger partial charge in [0.25, 0.3) is 0 Å². The fourth-order valence-electron chi connectivity index (χ4n) is 1.94. The van der Waals surface area contributed by atoms with E-state index in [4.69, 9.17) is 11.5 Å². The van der Waals surface area contributed by atoms with Gasteiger partial charge in [-0.25, -0.2) is 0 Å². The summed E-state index contributed by atoms with van der Waals surface area (Å²) in [5.74, 6) is -0.125. The fourth-order valence-corrected chi connectivity index (χ4v) is 1.94. The Labute approximate surface area is 130 Å². The number of nitrogens with two attached hydrogens (primary N) is 2. The van der Waals surface area contributed by atoms with Gasteiger partial charge in [0.2, 0.25) is 12.3 Å². The van der Waals surface area contributed by atoms with Crippen LogP contribution in [0.25, 0.3) is 0 Å². The third-order valence-corrected chi connectivity index (χ3v) is 3.05. The molecule has 0 bridgehead atoms. The highest BCUT2D eigenvalue weighted by Gasteiger charge is 2.17. The maximum Gasteiger partial charge on any atom is 0.242 e. The Bertz CT molecular complexity index is 486. The molecule has 0 fully saturated rings. The summed E-state index contributed by atoms with van der Waals surface area (Å²) in [7, 11) is 0. The standard InChI is InChI=1S/C15H23N5O2/c16-15(17)19-9-5-4-8-18-14(22)13(20-11-21)10-12-6-2-1-3-7-12/h1-3,6-7,11,13H,4-5,8-10H2,(H,18,22)(H,20,21)(H4,16,17,19). The quantitative estimate of drug-likeness (QED) is 0.202. The Morgan fingerprint density at radius 1 is 1.23 bits per heavy atom. The minimum atomic E-state index is -0.572. The zero-order chi connectivity index (χ0) is 16.2. The maximum absolute atomic E-state index is 12.1. The second-order valence-corrected chi connectivity index (χ2v) is 4.83. The molecule has 0 saturated heterocycles. The van der Waals surface area contributed by atoms with Gasteiger partial charge in [-0.3, -0.25) is 14.6 Å². The van der Waals surface area contributed by atoms with E-state index in [9.17, 15) is 9.59 Å². The first-order valence-corrected chi connectivity index (χ1v) is 7.20. The lowest BCUT2D eigenvalue weighted by Gasteiger charge is -2.16. The molecule has 7 nitrogen and oxygen atoms in total. The number of nitrogens with zero attached hydrogens (tertiary/aromatic N) is 1. The molecule has 1 aromatic rings. The molecule has 2 amide bonds. The van der Waals surface area contributed by atoms with Crippen LogP contribution in [-0.2, 0) is 16.0 Å². The topological polar surface area (TPSA) is 123 Å². The van der Waals surface area contributed by atoms with Gasteiger partial charge in [-0.2, -0.15) is 0 Å². The number of unbranched alkanes of at least 4 members (excludes halogenated alkanes) is 1. The van der Waals surface area contributed by atoms with Crippen LogP contribution in [0.3, 0.4) is 0 Å². The summed E-state index contributed by atoms with van der Waals surface area (Å²) in [6.45, 7) is 1.06. The minimum absolute atomic E-state index is 0.0714. The molecular weight excluding hydrogens is 282 g/mol. The van der Waals surface area contributed by atoms with Crippen molar-refractivity contribution in [2.24, 2.45) is 16.5 Å². The van der Waals surface area contributed by atoms with E-state index in [1.165, 1.54) is 0 Å². The van der Waals surface area contributed by atoms with E-state index in [1.54, 1.807) is 0 Å². The summed E-state index contributed by atoms with van der Waals surface area (Å²) in [4.78, 5) is 26.6. The third kappa shape index (κ3) is 7.28. The van der Waals surface area contributed by atoms with E-state index >= 15 is 0 Å². The molecule has 0 aromatic heterocycles. The number of carbonyl (C=O) groups excluding carboxylic acids is 2. The molecule has 7 heteroatoms. The summed E-state index contributed by atoms with van der Waals surface area (Å²) >= 11 is 0. The number of guanidine groups is 1. The monoisotopic (exact) mass is 305 g/mol. The lowest BCUT2D eigenvalue weighted by atomic mass is 10.1. The van der Waals surface area contributed by atoms with Gasteiger partial charge < -0.3 is 22.1 Å². The number of benzene rings is 1. The van der Waals surface area contributed by atoms with Crippen LogP contribution in [0.4, 0.5) is 0 Å². The van der Waals surface area contributed by atoms with Crippen molar-refractivity contribution in [3.63, 3.8) is 0 Å². The van der Waals surface area contributed by atoms with Crippen molar-refractivity contribution in [1.29, 1.82) is 0 Å². The third-order valence-electron chi connectivity index (χ3n) is 3.05. The maximum atomic E-state index is 12.1. The van der Waals surface area contributed by atoms with Gasteiger partial charge in [0.1, 0.15) is 6.04 Å². The normalized spacial score (nSPS) is 11.3. The van der Waals surface area contributed by atoms with Gasteiger partial charge >= 0.3 is 0 Å². The zero-order valence-electron chi connectivity index (χ0n) is 12.5. The summed E-state index contributed by atoms with van der Waals surface area (Å²) in [5, 5.41) is 5.36. The molecule has 1 unspecified atom stereocenters. The second kappa shape index (κ2) is 10.2. The van der Waals surface area contributed by atoms with E-state index in [0.717, 1.165) is 18.4 Å². The number of carbonyl (C=O) groups is 2.